The van der Waals surface area contributed by atoms with Gasteiger partial charge in [-0.2, -0.15) is 0 Å². The van der Waals surface area contributed by atoms with Gasteiger partial charge in [0, 0.05) is 12.2 Å². The molecule has 0 fully saturated rings. The van der Waals surface area contributed by atoms with Gasteiger partial charge < -0.3 is 28.4 Å². The summed E-state index contributed by atoms with van der Waals surface area (Å²) in [4.78, 5) is 11.2. The molecular formula is C32H62O7. The fraction of sp³-hybridized carbons (Fsp3) is 0.906. The van der Waals surface area contributed by atoms with Gasteiger partial charge in [0.15, 0.2) is 0 Å². The minimum Gasteiger partial charge on any atom is -0.460 e. The van der Waals surface area contributed by atoms with E-state index < -0.39 is 5.97 Å². The number of carbonyl (C=O) groups is 1. The predicted octanol–water partition coefficient (Wildman–Crippen LogP) is 7.45. The first kappa shape index (κ1) is 38.0. The zero-order chi connectivity index (χ0) is 28.5. The first-order valence-electron chi connectivity index (χ1n) is 15.9. The highest BCUT2D eigenvalue weighted by atomic mass is 16.6. The molecule has 0 N–H and O–H groups in total. The van der Waals surface area contributed by atoms with E-state index in [0.29, 0.717) is 65.0 Å². The third kappa shape index (κ3) is 33.1. The molecule has 0 aliphatic carbocycles. The van der Waals surface area contributed by atoms with Crippen LogP contribution in [0.25, 0.3) is 0 Å². The largest absolute Gasteiger partial charge is 0.460 e. The van der Waals surface area contributed by atoms with Crippen molar-refractivity contribution in [1.29, 1.82) is 0 Å². The van der Waals surface area contributed by atoms with Crippen LogP contribution in [0.5, 0.6) is 0 Å². The molecule has 0 saturated heterocycles. The van der Waals surface area contributed by atoms with Crippen molar-refractivity contribution in [3.05, 3.63) is 12.2 Å². The highest BCUT2D eigenvalue weighted by molar-refractivity contribution is 5.86. The van der Waals surface area contributed by atoms with Crippen molar-refractivity contribution in [2.24, 2.45) is 0 Å². The van der Waals surface area contributed by atoms with Crippen LogP contribution < -0.4 is 0 Å². The van der Waals surface area contributed by atoms with Crippen LogP contribution in [0.3, 0.4) is 0 Å². The van der Waals surface area contributed by atoms with Gasteiger partial charge in [0.05, 0.1) is 59.5 Å². The second kappa shape index (κ2) is 33.2. The second-order valence-corrected chi connectivity index (χ2v) is 10.3. The Hall–Kier alpha value is -0.990. The molecule has 0 atom stereocenters. The van der Waals surface area contributed by atoms with Crippen LogP contribution in [0.15, 0.2) is 12.2 Å². The minimum atomic E-state index is -0.394. The van der Waals surface area contributed by atoms with E-state index >= 15 is 0 Å². The molecule has 39 heavy (non-hydrogen) atoms. The maximum atomic E-state index is 11.2. The summed E-state index contributed by atoms with van der Waals surface area (Å²) in [7, 11) is 0. The maximum Gasteiger partial charge on any atom is 0.333 e. The average Bonchev–Trinajstić information content (AvgIpc) is 2.93. The first-order chi connectivity index (χ1) is 19.2. The van der Waals surface area contributed by atoms with E-state index in [4.69, 9.17) is 28.4 Å². The molecule has 0 bridgehead atoms. The van der Waals surface area contributed by atoms with Gasteiger partial charge in [0.2, 0.25) is 0 Å². The average molecular weight is 559 g/mol. The van der Waals surface area contributed by atoms with Gasteiger partial charge in [-0.1, -0.05) is 110 Å². The van der Waals surface area contributed by atoms with E-state index in [2.05, 4.69) is 13.5 Å². The lowest BCUT2D eigenvalue weighted by Crippen LogP contribution is -2.15. The van der Waals surface area contributed by atoms with Crippen LogP contribution in [0.1, 0.15) is 117 Å². The Morgan fingerprint density at radius 3 is 1.05 bits per heavy atom. The molecule has 0 aromatic heterocycles. The summed E-state index contributed by atoms with van der Waals surface area (Å²) >= 11 is 0. The Balaban J connectivity index is 3.06. The summed E-state index contributed by atoms with van der Waals surface area (Å²) in [6.07, 6.45) is 22.2. The third-order valence-corrected chi connectivity index (χ3v) is 6.44. The summed E-state index contributed by atoms with van der Waals surface area (Å²) in [5.74, 6) is -0.394. The van der Waals surface area contributed by atoms with Gasteiger partial charge >= 0.3 is 5.97 Å². The van der Waals surface area contributed by atoms with Gasteiger partial charge in [0.25, 0.3) is 0 Å². The zero-order valence-electron chi connectivity index (χ0n) is 25.7. The van der Waals surface area contributed by atoms with Gasteiger partial charge in [-0.15, -0.1) is 0 Å². The van der Waals surface area contributed by atoms with Crippen LogP contribution >= 0.6 is 0 Å². The standard InChI is InChI=1S/C32H62O7/c1-4-5-6-7-8-9-10-11-12-13-14-15-16-17-18-19-20-34-21-22-35-23-24-36-25-26-37-27-28-38-29-30-39-32(33)31(2)3/h2,4-30H2,1,3H3. The Labute approximate surface area is 240 Å². The highest BCUT2D eigenvalue weighted by Gasteiger charge is 2.02. The summed E-state index contributed by atoms with van der Waals surface area (Å²) < 4.78 is 32.3. The molecule has 0 saturated carbocycles. The number of rotatable bonds is 33. The van der Waals surface area contributed by atoms with Crippen molar-refractivity contribution in [2.45, 2.75) is 117 Å². The molecule has 0 aliphatic heterocycles. The first-order valence-corrected chi connectivity index (χ1v) is 15.9. The van der Waals surface area contributed by atoms with Crippen molar-refractivity contribution in [2.75, 3.05) is 72.7 Å². The Morgan fingerprint density at radius 2 is 0.718 bits per heavy atom. The summed E-state index contributed by atoms with van der Waals surface area (Å²) in [5, 5.41) is 0. The second-order valence-electron chi connectivity index (χ2n) is 10.3. The molecule has 0 aliphatic rings. The normalized spacial score (nSPS) is 11.2. The lowest BCUT2D eigenvalue weighted by atomic mass is 10.0. The molecule has 7 heteroatoms. The van der Waals surface area contributed by atoms with Crippen LogP contribution in [0, 0.1) is 0 Å². The number of carbonyl (C=O) groups excluding carboxylic acids is 1. The minimum absolute atomic E-state index is 0.222. The van der Waals surface area contributed by atoms with Crippen molar-refractivity contribution in [3.8, 4) is 0 Å². The monoisotopic (exact) mass is 558 g/mol. The molecular weight excluding hydrogens is 496 g/mol. The zero-order valence-corrected chi connectivity index (χ0v) is 25.7. The van der Waals surface area contributed by atoms with Gasteiger partial charge in [-0.25, -0.2) is 4.79 Å². The van der Waals surface area contributed by atoms with E-state index in [0.717, 1.165) is 13.0 Å². The number of esters is 1. The van der Waals surface area contributed by atoms with Crippen molar-refractivity contribution in [3.63, 3.8) is 0 Å². The predicted molar refractivity (Wildman–Crippen MR) is 159 cm³/mol. The number of hydrogen-bond acceptors (Lipinski definition) is 7. The van der Waals surface area contributed by atoms with Gasteiger partial charge in [-0.3, -0.25) is 0 Å². The van der Waals surface area contributed by atoms with Gasteiger partial charge in [0.1, 0.15) is 6.61 Å². The van der Waals surface area contributed by atoms with Crippen LogP contribution in [-0.4, -0.2) is 78.6 Å². The lowest BCUT2D eigenvalue weighted by molar-refractivity contribution is -0.140. The van der Waals surface area contributed by atoms with Crippen molar-refractivity contribution >= 4 is 5.97 Å². The molecule has 7 nitrogen and oxygen atoms in total. The van der Waals surface area contributed by atoms with Crippen molar-refractivity contribution in [1.82, 2.24) is 0 Å². The van der Waals surface area contributed by atoms with E-state index in [1.54, 1.807) is 6.92 Å². The number of ether oxygens (including phenoxy) is 6. The summed E-state index contributed by atoms with van der Waals surface area (Å²) in [5.41, 5.74) is 0.387. The molecule has 0 rings (SSSR count). The number of hydrogen-bond donors (Lipinski definition) is 0. The molecule has 0 amide bonds. The molecule has 0 heterocycles. The molecule has 0 aromatic rings. The quantitative estimate of drug-likeness (QED) is 0.0470. The smallest absolute Gasteiger partial charge is 0.333 e. The molecule has 0 spiro atoms. The Bertz CT molecular complexity index is 513. The van der Waals surface area contributed by atoms with E-state index in [1.165, 1.54) is 96.3 Å². The number of unbranched alkanes of at least 4 members (excludes halogenated alkanes) is 15. The SMILES string of the molecule is C=C(C)C(=O)OCCOCCOCCOCCOCCOCCCCCCCCCCCCCCCCCC. The molecule has 232 valence electrons. The fourth-order valence-electron chi connectivity index (χ4n) is 4.05. The fourth-order valence-corrected chi connectivity index (χ4v) is 4.05. The van der Waals surface area contributed by atoms with Crippen LogP contribution in [-0.2, 0) is 33.2 Å². The molecule has 0 radical (unpaired) electrons. The summed E-state index contributed by atoms with van der Waals surface area (Å²) in [6, 6.07) is 0. The van der Waals surface area contributed by atoms with Crippen LogP contribution in [0.4, 0.5) is 0 Å². The van der Waals surface area contributed by atoms with Crippen molar-refractivity contribution < 1.29 is 33.2 Å². The lowest BCUT2D eigenvalue weighted by Gasteiger charge is -2.08. The van der Waals surface area contributed by atoms with Crippen LogP contribution in [0.2, 0.25) is 0 Å². The Kier molecular flexibility index (Phi) is 32.4. The van der Waals surface area contributed by atoms with Gasteiger partial charge in [-0.05, 0) is 13.3 Å². The highest BCUT2D eigenvalue weighted by Crippen LogP contribution is 2.13. The third-order valence-electron chi connectivity index (χ3n) is 6.44. The Morgan fingerprint density at radius 1 is 0.436 bits per heavy atom. The topological polar surface area (TPSA) is 72.5 Å². The van der Waals surface area contributed by atoms with E-state index in [9.17, 15) is 4.79 Å². The van der Waals surface area contributed by atoms with E-state index in [1.807, 2.05) is 0 Å². The molecule has 0 unspecified atom stereocenters. The summed E-state index contributed by atoms with van der Waals surface area (Å²) in [6.45, 7) is 13.1. The maximum absolute atomic E-state index is 11.2. The van der Waals surface area contributed by atoms with E-state index in [-0.39, 0.29) is 6.61 Å². The molecule has 0 aromatic carbocycles.